The number of thiazole rings is 1. The van der Waals surface area contributed by atoms with Crippen LogP contribution < -0.4 is 14.8 Å². The summed E-state index contributed by atoms with van der Waals surface area (Å²) in [6.07, 6.45) is 2.08. The highest BCUT2D eigenvalue weighted by atomic mass is 32.1. The van der Waals surface area contributed by atoms with Gasteiger partial charge in [-0.3, -0.25) is 14.9 Å². The molecule has 2 amide bonds. The molecule has 156 valence electrons. The fourth-order valence-corrected chi connectivity index (χ4v) is 4.08. The molecule has 1 aromatic carbocycles. The Kier molecular flexibility index (Phi) is 5.99. The zero-order chi connectivity index (χ0) is 20.9. The molecule has 30 heavy (non-hydrogen) atoms. The summed E-state index contributed by atoms with van der Waals surface area (Å²) < 4.78 is 16.1. The third-order valence-electron chi connectivity index (χ3n) is 4.55. The van der Waals surface area contributed by atoms with Crippen LogP contribution in [-0.2, 0) is 17.8 Å². The minimum atomic E-state index is -0.345. The number of fused-ring (bicyclic) bond motifs is 1. The highest BCUT2D eigenvalue weighted by molar-refractivity contribution is 7.15. The summed E-state index contributed by atoms with van der Waals surface area (Å²) in [5.74, 6) is 1.17. The van der Waals surface area contributed by atoms with Gasteiger partial charge < -0.3 is 18.8 Å². The summed E-state index contributed by atoms with van der Waals surface area (Å²) in [5, 5.41) is 3.24. The average Bonchev–Trinajstić information content (AvgIpc) is 3.42. The Morgan fingerprint density at radius 3 is 2.67 bits per heavy atom. The number of carbonyl (C=O) groups excluding carboxylic acids is 2. The molecule has 0 bridgehead atoms. The second kappa shape index (κ2) is 9.00. The van der Waals surface area contributed by atoms with Gasteiger partial charge in [-0.15, -0.1) is 0 Å². The fourth-order valence-electron chi connectivity index (χ4n) is 3.06. The molecule has 4 rings (SSSR count). The van der Waals surface area contributed by atoms with Gasteiger partial charge in [-0.2, -0.15) is 0 Å². The summed E-state index contributed by atoms with van der Waals surface area (Å²) in [7, 11) is 0. The third-order valence-corrected chi connectivity index (χ3v) is 5.54. The molecular formula is C21H21N3O5S. The van der Waals surface area contributed by atoms with Crippen molar-refractivity contribution in [2.75, 3.05) is 25.1 Å². The molecule has 0 spiro atoms. The lowest BCUT2D eigenvalue weighted by atomic mass is 10.2. The van der Waals surface area contributed by atoms with Crippen molar-refractivity contribution in [3.63, 3.8) is 0 Å². The van der Waals surface area contributed by atoms with Crippen LogP contribution in [0.3, 0.4) is 0 Å². The van der Waals surface area contributed by atoms with Crippen LogP contribution in [0.25, 0.3) is 0 Å². The Morgan fingerprint density at radius 1 is 1.20 bits per heavy atom. The smallest absolute Gasteiger partial charge is 0.293 e. The SMILES string of the molecule is CCOc1ccc(OCC(=O)N2CCc3nc(NC(=O)c4ccco4)sc3C2)cc1. The number of hydrogen-bond acceptors (Lipinski definition) is 7. The van der Waals surface area contributed by atoms with E-state index in [9.17, 15) is 9.59 Å². The first-order chi connectivity index (χ1) is 14.6. The maximum absolute atomic E-state index is 12.6. The molecular weight excluding hydrogens is 406 g/mol. The summed E-state index contributed by atoms with van der Waals surface area (Å²) in [6, 6.07) is 10.4. The maximum Gasteiger partial charge on any atom is 0.293 e. The molecule has 0 aliphatic carbocycles. The molecule has 0 radical (unpaired) electrons. The highest BCUT2D eigenvalue weighted by Crippen LogP contribution is 2.29. The first-order valence-electron chi connectivity index (χ1n) is 9.59. The van der Waals surface area contributed by atoms with E-state index >= 15 is 0 Å². The average molecular weight is 427 g/mol. The largest absolute Gasteiger partial charge is 0.494 e. The number of ether oxygens (including phenoxy) is 2. The predicted octanol–water partition coefficient (Wildman–Crippen LogP) is 3.35. The number of nitrogens with one attached hydrogen (secondary N) is 1. The van der Waals surface area contributed by atoms with E-state index in [-0.39, 0.29) is 24.2 Å². The normalized spacial score (nSPS) is 12.9. The van der Waals surface area contributed by atoms with Gasteiger partial charge in [0.25, 0.3) is 11.8 Å². The number of aromatic nitrogens is 1. The van der Waals surface area contributed by atoms with Gasteiger partial charge in [0, 0.05) is 17.8 Å². The summed E-state index contributed by atoms with van der Waals surface area (Å²) in [5.41, 5.74) is 0.909. The van der Waals surface area contributed by atoms with Gasteiger partial charge in [-0.05, 0) is 43.3 Å². The van der Waals surface area contributed by atoms with E-state index in [0.717, 1.165) is 16.3 Å². The summed E-state index contributed by atoms with van der Waals surface area (Å²) in [4.78, 5) is 31.9. The quantitative estimate of drug-likeness (QED) is 0.622. The molecule has 9 heteroatoms. The third kappa shape index (κ3) is 4.62. The van der Waals surface area contributed by atoms with Gasteiger partial charge in [0.15, 0.2) is 17.5 Å². The Bertz CT molecular complexity index is 1010. The van der Waals surface area contributed by atoms with Crippen molar-refractivity contribution in [3.05, 3.63) is 59.0 Å². The summed E-state index contributed by atoms with van der Waals surface area (Å²) in [6.45, 7) is 3.50. The molecule has 1 N–H and O–H groups in total. The lowest BCUT2D eigenvalue weighted by Gasteiger charge is -2.26. The van der Waals surface area contributed by atoms with Crippen molar-refractivity contribution in [3.8, 4) is 11.5 Å². The minimum Gasteiger partial charge on any atom is -0.494 e. The molecule has 8 nitrogen and oxygen atoms in total. The van der Waals surface area contributed by atoms with Gasteiger partial charge in [0.2, 0.25) is 0 Å². The lowest BCUT2D eigenvalue weighted by molar-refractivity contribution is -0.134. The molecule has 0 saturated heterocycles. The molecule has 3 heterocycles. The second-order valence-electron chi connectivity index (χ2n) is 6.58. The van der Waals surface area contributed by atoms with E-state index in [1.54, 1.807) is 29.2 Å². The Morgan fingerprint density at radius 2 is 1.97 bits per heavy atom. The molecule has 2 aromatic heterocycles. The standard InChI is InChI=1S/C21H21N3O5S/c1-2-27-14-5-7-15(8-6-14)29-13-19(25)24-10-9-16-18(12-24)30-21(22-16)23-20(26)17-4-3-11-28-17/h3-8,11H,2,9-10,12-13H2,1H3,(H,22,23,26). The van der Waals surface area contributed by atoms with Crippen LogP contribution in [0.1, 0.15) is 28.0 Å². The van der Waals surface area contributed by atoms with Gasteiger partial charge in [0.05, 0.1) is 25.1 Å². The van der Waals surface area contributed by atoms with Gasteiger partial charge in [-0.1, -0.05) is 11.3 Å². The highest BCUT2D eigenvalue weighted by Gasteiger charge is 2.25. The maximum atomic E-state index is 12.6. The van der Waals surface area contributed by atoms with Crippen molar-refractivity contribution in [2.45, 2.75) is 19.9 Å². The van der Waals surface area contributed by atoms with E-state index < -0.39 is 0 Å². The van der Waals surface area contributed by atoms with Crippen molar-refractivity contribution < 1.29 is 23.5 Å². The minimum absolute atomic E-state index is 0.0375. The first kappa shape index (κ1) is 20.0. The number of benzene rings is 1. The van der Waals surface area contributed by atoms with E-state index in [1.807, 2.05) is 19.1 Å². The van der Waals surface area contributed by atoms with Gasteiger partial charge in [-0.25, -0.2) is 4.98 Å². The van der Waals surface area contributed by atoms with E-state index in [0.29, 0.717) is 37.0 Å². The van der Waals surface area contributed by atoms with Crippen LogP contribution in [0.5, 0.6) is 11.5 Å². The number of hydrogen-bond donors (Lipinski definition) is 1. The van der Waals surface area contributed by atoms with E-state index in [4.69, 9.17) is 13.9 Å². The molecule has 1 aliphatic heterocycles. The molecule has 3 aromatic rings. The Balaban J connectivity index is 1.31. The van der Waals surface area contributed by atoms with Crippen molar-refractivity contribution in [1.29, 1.82) is 0 Å². The summed E-state index contributed by atoms with van der Waals surface area (Å²) >= 11 is 1.37. The van der Waals surface area contributed by atoms with E-state index in [2.05, 4.69) is 10.3 Å². The number of amides is 2. The van der Waals surface area contributed by atoms with Crippen LogP contribution in [-0.4, -0.2) is 41.5 Å². The number of nitrogens with zero attached hydrogens (tertiary/aromatic N) is 2. The van der Waals surface area contributed by atoms with Crippen LogP contribution in [0.4, 0.5) is 5.13 Å². The van der Waals surface area contributed by atoms with Crippen LogP contribution in [0, 0.1) is 0 Å². The molecule has 1 aliphatic rings. The monoisotopic (exact) mass is 427 g/mol. The molecule has 0 unspecified atom stereocenters. The Hall–Kier alpha value is -3.33. The molecule has 0 fully saturated rings. The van der Waals surface area contributed by atoms with Gasteiger partial charge >= 0.3 is 0 Å². The number of furan rings is 1. The zero-order valence-corrected chi connectivity index (χ0v) is 17.2. The van der Waals surface area contributed by atoms with Crippen LogP contribution in [0.2, 0.25) is 0 Å². The van der Waals surface area contributed by atoms with Gasteiger partial charge in [0.1, 0.15) is 11.5 Å². The first-order valence-corrected chi connectivity index (χ1v) is 10.4. The number of anilines is 1. The zero-order valence-electron chi connectivity index (χ0n) is 16.4. The fraction of sp³-hybridized carbons (Fsp3) is 0.286. The van der Waals surface area contributed by atoms with Crippen molar-refractivity contribution in [2.24, 2.45) is 0 Å². The van der Waals surface area contributed by atoms with E-state index in [1.165, 1.54) is 17.6 Å². The number of rotatable bonds is 7. The van der Waals surface area contributed by atoms with Crippen LogP contribution >= 0.6 is 11.3 Å². The van der Waals surface area contributed by atoms with Crippen molar-refractivity contribution >= 4 is 28.3 Å². The van der Waals surface area contributed by atoms with Crippen LogP contribution in [0.15, 0.2) is 47.1 Å². The second-order valence-corrected chi connectivity index (χ2v) is 7.66. The number of carbonyl (C=O) groups is 2. The predicted molar refractivity (Wildman–Crippen MR) is 111 cm³/mol. The molecule has 0 saturated carbocycles. The van der Waals surface area contributed by atoms with Crippen molar-refractivity contribution in [1.82, 2.24) is 9.88 Å². The topological polar surface area (TPSA) is 93.9 Å². The lowest BCUT2D eigenvalue weighted by Crippen LogP contribution is -2.38. The molecule has 0 atom stereocenters. The Labute approximate surface area is 177 Å².